The first kappa shape index (κ1) is 14.7. The molecule has 0 aromatic rings. The summed E-state index contributed by atoms with van der Waals surface area (Å²) in [6.07, 6.45) is 6.10. The van der Waals surface area contributed by atoms with Crippen LogP contribution in [0.25, 0.3) is 0 Å². The van der Waals surface area contributed by atoms with Crippen LogP contribution in [0.1, 0.15) is 52.4 Å². The van der Waals surface area contributed by atoms with Gasteiger partial charge in [-0.2, -0.15) is 0 Å². The maximum Gasteiger partial charge on any atom is 0.302 e. The maximum atomic E-state index is 12.8. The zero-order valence-electron chi connectivity index (χ0n) is 13.7. The van der Waals surface area contributed by atoms with Crippen molar-refractivity contribution in [2.24, 2.45) is 23.7 Å². The Hall–Kier alpha value is -0.900. The highest BCUT2D eigenvalue weighted by molar-refractivity contribution is 5.84. The quantitative estimate of drug-likeness (QED) is 0.698. The number of nitrogens with zero attached hydrogens (tertiary/aromatic N) is 1. The highest BCUT2D eigenvalue weighted by Crippen LogP contribution is 2.59. The molecule has 4 heteroatoms. The summed E-state index contributed by atoms with van der Waals surface area (Å²) >= 11 is 0. The van der Waals surface area contributed by atoms with Crippen LogP contribution < -0.4 is 0 Å². The molecule has 2 aliphatic heterocycles. The number of hydrogen-bond donors (Lipinski definition) is 0. The van der Waals surface area contributed by atoms with E-state index in [9.17, 15) is 9.59 Å². The monoisotopic (exact) mass is 305 g/mol. The standard InChI is InChI=1S/C18H27NO3/c1-11-8-13-9-15(21)14-4-3-6-19-7-5-16(22-12(2)20)17(13)18(14,19)10-11/h11,13-14,16-17H,3-10H2,1-2H3/t11-,13+,14-,16+,17+,18+/m1/s1. The fourth-order valence-electron chi connectivity index (χ4n) is 6.53. The van der Waals surface area contributed by atoms with Gasteiger partial charge in [0.25, 0.3) is 0 Å². The second kappa shape index (κ2) is 5.05. The van der Waals surface area contributed by atoms with Crippen LogP contribution in [0.3, 0.4) is 0 Å². The van der Waals surface area contributed by atoms with Gasteiger partial charge < -0.3 is 4.74 Å². The number of ketones is 1. The predicted molar refractivity (Wildman–Crippen MR) is 82.2 cm³/mol. The van der Waals surface area contributed by atoms with E-state index in [4.69, 9.17) is 4.74 Å². The molecule has 0 aromatic heterocycles. The molecule has 4 fully saturated rings. The Labute approximate surface area is 132 Å². The van der Waals surface area contributed by atoms with Crippen molar-refractivity contribution in [1.82, 2.24) is 4.90 Å². The Morgan fingerprint density at radius 3 is 2.91 bits per heavy atom. The van der Waals surface area contributed by atoms with Crippen molar-refractivity contribution in [1.29, 1.82) is 0 Å². The summed E-state index contributed by atoms with van der Waals surface area (Å²) in [7, 11) is 0. The SMILES string of the molecule is CC(=O)O[C@H]1CCN2CCC[C@@H]3C(=O)C[C@@H]4C[C@@H](C)C[C@@]32[C@@H]41. The molecule has 2 aliphatic carbocycles. The molecule has 2 bridgehead atoms. The Balaban J connectivity index is 1.78. The van der Waals surface area contributed by atoms with Crippen LogP contribution in [0, 0.1) is 23.7 Å². The summed E-state index contributed by atoms with van der Waals surface area (Å²) in [5, 5.41) is 0. The number of carbonyl (C=O) groups excluding carboxylic acids is 2. The van der Waals surface area contributed by atoms with E-state index in [2.05, 4.69) is 11.8 Å². The van der Waals surface area contributed by atoms with Crippen LogP contribution >= 0.6 is 0 Å². The van der Waals surface area contributed by atoms with E-state index in [0.29, 0.717) is 30.0 Å². The lowest BCUT2D eigenvalue weighted by Gasteiger charge is -2.67. The zero-order valence-corrected chi connectivity index (χ0v) is 13.7. The Kier molecular flexibility index (Phi) is 3.37. The summed E-state index contributed by atoms with van der Waals surface area (Å²) in [5.41, 5.74) is -0.00567. The second-order valence-electron chi connectivity index (χ2n) is 8.11. The van der Waals surface area contributed by atoms with Gasteiger partial charge in [-0.05, 0) is 50.5 Å². The summed E-state index contributed by atoms with van der Waals surface area (Å²) in [6, 6.07) is 0. The first-order valence-electron chi connectivity index (χ1n) is 8.97. The average Bonchev–Trinajstić information content (AvgIpc) is 2.43. The third-order valence-corrected chi connectivity index (χ3v) is 6.83. The van der Waals surface area contributed by atoms with Crippen molar-refractivity contribution in [3.05, 3.63) is 0 Å². The molecule has 2 saturated carbocycles. The molecule has 122 valence electrons. The normalized spacial score (nSPS) is 47.7. The predicted octanol–water partition coefficient (Wildman–Crippen LogP) is 2.41. The lowest BCUT2D eigenvalue weighted by Crippen LogP contribution is -2.74. The van der Waals surface area contributed by atoms with Crippen LogP contribution in [0.2, 0.25) is 0 Å². The summed E-state index contributed by atoms with van der Waals surface area (Å²) in [6.45, 7) is 5.96. The van der Waals surface area contributed by atoms with Crippen LogP contribution in [-0.2, 0) is 14.3 Å². The molecular formula is C18H27NO3. The van der Waals surface area contributed by atoms with Crippen molar-refractivity contribution in [3.8, 4) is 0 Å². The van der Waals surface area contributed by atoms with E-state index in [-0.39, 0.29) is 23.5 Å². The molecule has 0 N–H and O–H groups in total. The van der Waals surface area contributed by atoms with Crippen molar-refractivity contribution >= 4 is 11.8 Å². The Morgan fingerprint density at radius 1 is 1.32 bits per heavy atom. The van der Waals surface area contributed by atoms with Gasteiger partial charge in [0.05, 0.1) is 0 Å². The number of hydrogen-bond acceptors (Lipinski definition) is 4. The van der Waals surface area contributed by atoms with Crippen molar-refractivity contribution in [2.45, 2.75) is 64.0 Å². The molecule has 0 amide bonds. The molecule has 2 saturated heterocycles. The fraction of sp³-hybridized carbons (Fsp3) is 0.889. The molecule has 0 radical (unpaired) electrons. The summed E-state index contributed by atoms with van der Waals surface area (Å²) < 4.78 is 5.75. The van der Waals surface area contributed by atoms with E-state index < -0.39 is 0 Å². The van der Waals surface area contributed by atoms with E-state index in [1.807, 2.05) is 0 Å². The molecule has 1 spiro atoms. The third kappa shape index (κ3) is 1.92. The number of ether oxygens (including phenoxy) is 1. The van der Waals surface area contributed by atoms with Gasteiger partial charge in [0.2, 0.25) is 0 Å². The lowest BCUT2D eigenvalue weighted by atomic mass is 9.48. The number of piperidine rings is 2. The third-order valence-electron chi connectivity index (χ3n) is 6.83. The number of Topliss-reactive ketones (excluding diaryl/α,β-unsaturated/α-hetero) is 1. The molecule has 4 nitrogen and oxygen atoms in total. The molecular weight excluding hydrogens is 278 g/mol. The fourth-order valence-corrected chi connectivity index (χ4v) is 6.53. The van der Waals surface area contributed by atoms with Crippen molar-refractivity contribution in [3.63, 3.8) is 0 Å². The van der Waals surface area contributed by atoms with Gasteiger partial charge in [-0.1, -0.05) is 6.92 Å². The molecule has 4 aliphatic rings. The molecule has 22 heavy (non-hydrogen) atoms. The molecule has 0 unspecified atom stereocenters. The van der Waals surface area contributed by atoms with E-state index in [1.54, 1.807) is 0 Å². The van der Waals surface area contributed by atoms with Gasteiger partial charge >= 0.3 is 5.97 Å². The van der Waals surface area contributed by atoms with Crippen molar-refractivity contribution < 1.29 is 14.3 Å². The van der Waals surface area contributed by atoms with Gasteiger partial charge in [-0.3, -0.25) is 14.5 Å². The lowest BCUT2D eigenvalue weighted by molar-refractivity contribution is -0.206. The maximum absolute atomic E-state index is 12.8. The number of esters is 1. The van der Waals surface area contributed by atoms with Gasteiger partial charge in [0, 0.05) is 37.3 Å². The van der Waals surface area contributed by atoms with E-state index >= 15 is 0 Å². The smallest absolute Gasteiger partial charge is 0.302 e. The number of carbonyl (C=O) groups is 2. The van der Waals surface area contributed by atoms with E-state index in [0.717, 1.165) is 45.2 Å². The number of rotatable bonds is 1. The van der Waals surface area contributed by atoms with E-state index in [1.165, 1.54) is 6.92 Å². The Bertz CT molecular complexity index is 503. The minimum Gasteiger partial charge on any atom is -0.462 e. The van der Waals surface area contributed by atoms with Gasteiger partial charge in [0.1, 0.15) is 11.9 Å². The minimum absolute atomic E-state index is 0.00567. The molecule has 4 rings (SSSR count). The van der Waals surface area contributed by atoms with Gasteiger partial charge in [-0.25, -0.2) is 0 Å². The largest absolute Gasteiger partial charge is 0.462 e. The van der Waals surface area contributed by atoms with Gasteiger partial charge in [-0.15, -0.1) is 0 Å². The second-order valence-corrected chi connectivity index (χ2v) is 8.11. The molecule has 6 atom stereocenters. The van der Waals surface area contributed by atoms with Crippen LogP contribution in [0.5, 0.6) is 0 Å². The topological polar surface area (TPSA) is 46.6 Å². The first-order valence-corrected chi connectivity index (χ1v) is 8.97. The zero-order chi connectivity index (χ0) is 15.5. The summed E-state index contributed by atoms with van der Waals surface area (Å²) in [4.78, 5) is 27.0. The average molecular weight is 305 g/mol. The van der Waals surface area contributed by atoms with Gasteiger partial charge in [0.15, 0.2) is 0 Å². The first-order chi connectivity index (χ1) is 10.5. The highest BCUT2D eigenvalue weighted by atomic mass is 16.5. The minimum atomic E-state index is -0.162. The van der Waals surface area contributed by atoms with Crippen molar-refractivity contribution in [2.75, 3.05) is 13.1 Å². The Morgan fingerprint density at radius 2 is 2.14 bits per heavy atom. The summed E-state index contributed by atoms with van der Waals surface area (Å²) in [5.74, 6) is 1.98. The molecule has 2 heterocycles. The van der Waals surface area contributed by atoms with Crippen LogP contribution in [-0.4, -0.2) is 41.4 Å². The van der Waals surface area contributed by atoms with Crippen LogP contribution in [0.4, 0.5) is 0 Å². The highest BCUT2D eigenvalue weighted by Gasteiger charge is 2.65. The molecule has 0 aromatic carbocycles. The van der Waals surface area contributed by atoms with Crippen LogP contribution in [0.15, 0.2) is 0 Å².